The Labute approximate surface area is 82.8 Å². The van der Waals surface area contributed by atoms with E-state index in [0.29, 0.717) is 5.56 Å². The van der Waals surface area contributed by atoms with E-state index in [2.05, 4.69) is 4.52 Å². The van der Waals surface area contributed by atoms with Gasteiger partial charge in [0.05, 0.1) is 0 Å². The van der Waals surface area contributed by atoms with Crippen LogP contribution in [0.25, 0.3) is 0 Å². The lowest BCUT2D eigenvalue weighted by Gasteiger charge is -2.06. The summed E-state index contributed by atoms with van der Waals surface area (Å²) in [6, 6.07) is 8.23. The lowest BCUT2D eigenvalue weighted by atomic mass is 10.2. The monoisotopic (exact) mass is 235 g/mol. The van der Waals surface area contributed by atoms with Crippen molar-refractivity contribution in [1.29, 1.82) is 0 Å². The SMILES string of the molecule is O=[P+](O)C(OP(O)O)c1ccccc1. The maximum Gasteiger partial charge on any atom is 0.543 e. The molecule has 0 aliphatic heterocycles. The molecule has 1 rings (SSSR count). The molecule has 0 saturated heterocycles. The van der Waals surface area contributed by atoms with Crippen LogP contribution in [-0.4, -0.2) is 14.7 Å². The smallest absolute Gasteiger partial charge is 0.328 e. The number of benzene rings is 1. The lowest BCUT2D eigenvalue weighted by Crippen LogP contribution is -1.96. The average molecular weight is 235 g/mol. The Bertz CT molecular complexity index is 302. The van der Waals surface area contributed by atoms with Gasteiger partial charge in [0.1, 0.15) is 0 Å². The summed E-state index contributed by atoms with van der Waals surface area (Å²) in [5.74, 6) is -1.19. The van der Waals surface area contributed by atoms with Crippen molar-refractivity contribution in [3.63, 3.8) is 0 Å². The minimum Gasteiger partial charge on any atom is -0.328 e. The molecule has 0 fully saturated rings. The molecular weight excluding hydrogens is 226 g/mol. The summed E-state index contributed by atoms with van der Waals surface area (Å²) in [4.78, 5) is 26.1. The molecule has 0 radical (unpaired) electrons. The highest BCUT2D eigenvalue weighted by molar-refractivity contribution is 7.42. The first-order valence-corrected chi connectivity index (χ1v) is 6.11. The fourth-order valence-electron chi connectivity index (χ4n) is 0.936. The van der Waals surface area contributed by atoms with E-state index in [4.69, 9.17) is 14.7 Å². The van der Waals surface area contributed by atoms with Gasteiger partial charge in [-0.3, -0.25) is 4.52 Å². The fourth-order valence-corrected chi connectivity index (χ4v) is 2.24. The van der Waals surface area contributed by atoms with Gasteiger partial charge in [0.2, 0.25) is 0 Å². The van der Waals surface area contributed by atoms with Crippen molar-refractivity contribution >= 4 is 16.6 Å². The van der Waals surface area contributed by atoms with E-state index < -0.39 is 22.5 Å². The predicted octanol–water partition coefficient (Wildman–Crippen LogP) is 1.65. The van der Waals surface area contributed by atoms with Crippen molar-refractivity contribution in [2.75, 3.05) is 0 Å². The van der Waals surface area contributed by atoms with Crippen LogP contribution in [0.4, 0.5) is 0 Å². The van der Waals surface area contributed by atoms with Crippen LogP contribution in [0.2, 0.25) is 0 Å². The average Bonchev–Trinajstić information content (AvgIpc) is 2.15. The molecule has 7 heteroatoms. The van der Waals surface area contributed by atoms with E-state index in [1.54, 1.807) is 30.3 Å². The topological polar surface area (TPSA) is 87.0 Å². The molecule has 0 aliphatic carbocycles. The summed E-state index contributed by atoms with van der Waals surface area (Å²) in [6.45, 7) is 0. The van der Waals surface area contributed by atoms with Gasteiger partial charge in [-0.05, 0) is 4.57 Å². The summed E-state index contributed by atoms with van der Waals surface area (Å²) in [5, 5.41) is 0. The van der Waals surface area contributed by atoms with E-state index in [0.717, 1.165) is 0 Å². The number of rotatable bonds is 4. The van der Waals surface area contributed by atoms with Crippen LogP contribution in [0, 0.1) is 0 Å². The zero-order chi connectivity index (χ0) is 10.6. The van der Waals surface area contributed by atoms with Gasteiger partial charge in [0, 0.05) is 5.56 Å². The number of hydrogen-bond donors (Lipinski definition) is 3. The molecule has 76 valence electrons. The van der Waals surface area contributed by atoms with E-state index >= 15 is 0 Å². The Kier molecular flexibility index (Phi) is 4.55. The molecule has 0 saturated carbocycles. The van der Waals surface area contributed by atoms with Gasteiger partial charge in [-0.2, -0.15) is 4.89 Å². The molecule has 3 N–H and O–H groups in total. The van der Waals surface area contributed by atoms with Gasteiger partial charge in [-0.1, -0.05) is 30.3 Å². The minimum atomic E-state index is -2.65. The van der Waals surface area contributed by atoms with Gasteiger partial charge in [0.25, 0.3) is 0 Å². The van der Waals surface area contributed by atoms with Crippen LogP contribution in [0.3, 0.4) is 0 Å². The molecule has 1 aromatic carbocycles. The molecule has 2 atom stereocenters. The first kappa shape index (κ1) is 11.7. The summed E-state index contributed by atoms with van der Waals surface area (Å²) in [7, 11) is -5.29. The van der Waals surface area contributed by atoms with Crippen LogP contribution >= 0.6 is 16.6 Å². The molecule has 0 amide bonds. The molecule has 1 aromatic rings. The quantitative estimate of drug-likeness (QED) is 0.690. The summed E-state index contributed by atoms with van der Waals surface area (Å²) in [6.07, 6.45) is 0. The van der Waals surface area contributed by atoms with Crippen molar-refractivity contribution in [1.82, 2.24) is 0 Å². The highest BCUT2D eigenvalue weighted by atomic mass is 31.2. The van der Waals surface area contributed by atoms with Gasteiger partial charge in [0.15, 0.2) is 0 Å². The summed E-state index contributed by atoms with van der Waals surface area (Å²) in [5.41, 5.74) is 0.437. The highest BCUT2D eigenvalue weighted by Crippen LogP contribution is 2.46. The van der Waals surface area contributed by atoms with Crippen LogP contribution in [-0.2, 0) is 9.09 Å². The van der Waals surface area contributed by atoms with Gasteiger partial charge in [-0.25, -0.2) is 0 Å². The molecule has 0 bridgehead atoms. The second kappa shape index (κ2) is 5.47. The standard InChI is InChI=1S/C7H8O5P2/c8-13(9)7(12-14(10)11)6-4-2-1-3-5-6/h1-5,7,10-11H/p+1. The Hall–Kier alpha value is -0.410. The predicted molar refractivity (Wildman–Crippen MR) is 51.5 cm³/mol. The third-order valence-electron chi connectivity index (χ3n) is 1.48. The highest BCUT2D eigenvalue weighted by Gasteiger charge is 2.34. The third-order valence-corrected chi connectivity index (χ3v) is 2.85. The second-order valence-electron chi connectivity index (χ2n) is 2.42. The second-order valence-corrected chi connectivity index (χ2v) is 4.21. The molecule has 14 heavy (non-hydrogen) atoms. The minimum absolute atomic E-state index is 0.437. The van der Waals surface area contributed by atoms with E-state index in [1.807, 2.05) is 0 Å². The van der Waals surface area contributed by atoms with Gasteiger partial charge < -0.3 is 9.79 Å². The summed E-state index contributed by atoms with van der Waals surface area (Å²) < 4.78 is 15.4. The maximum atomic E-state index is 10.8. The van der Waals surface area contributed by atoms with Crippen LogP contribution in [0.1, 0.15) is 11.4 Å². The lowest BCUT2D eigenvalue weighted by molar-refractivity contribution is 0.221. The first-order valence-electron chi connectivity index (χ1n) is 3.66. The van der Waals surface area contributed by atoms with Crippen LogP contribution < -0.4 is 0 Å². The van der Waals surface area contributed by atoms with E-state index in [-0.39, 0.29) is 0 Å². The fraction of sp³-hybridized carbons (Fsp3) is 0.143. The zero-order valence-electron chi connectivity index (χ0n) is 7.02. The third kappa shape index (κ3) is 3.39. The number of hydrogen-bond acceptors (Lipinski definition) is 4. The Morgan fingerprint density at radius 2 is 1.86 bits per heavy atom. The Morgan fingerprint density at radius 3 is 2.29 bits per heavy atom. The molecule has 0 spiro atoms. The maximum absolute atomic E-state index is 10.8. The Balaban J connectivity index is 2.84. The molecule has 5 nitrogen and oxygen atoms in total. The largest absolute Gasteiger partial charge is 0.543 e. The van der Waals surface area contributed by atoms with Crippen molar-refractivity contribution in [2.45, 2.75) is 5.85 Å². The van der Waals surface area contributed by atoms with Crippen molar-refractivity contribution in [3.8, 4) is 0 Å². The summed E-state index contributed by atoms with van der Waals surface area (Å²) >= 11 is 0. The molecule has 0 heterocycles. The molecule has 0 aromatic heterocycles. The van der Waals surface area contributed by atoms with Crippen molar-refractivity contribution in [2.24, 2.45) is 0 Å². The van der Waals surface area contributed by atoms with Crippen molar-refractivity contribution < 1.29 is 23.8 Å². The van der Waals surface area contributed by atoms with Crippen LogP contribution in [0.5, 0.6) is 0 Å². The van der Waals surface area contributed by atoms with Gasteiger partial charge in [-0.15, -0.1) is 0 Å². The van der Waals surface area contributed by atoms with Crippen LogP contribution in [0.15, 0.2) is 30.3 Å². The van der Waals surface area contributed by atoms with Crippen molar-refractivity contribution in [3.05, 3.63) is 35.9 Å². The zero-order valence-corrected chi connectivity index (χ0v) is 8.81. The molecular formula is C7H9O5P2+. The van der Waals surface area contributed by atoms with E-state index in [9.17, 15) is 4.57 Å². The first-order chi connectivity index (χ1) is 6.61. The normalized spacial score (nSPS) is 14.1. The van der Waals surface area contributed by atoms with Gasteiger partial charge >= 0.3 is 22.5 Å². The van der Waals surface area contributed by atoms with E-state index in [1.165, 1.54) is 0 Å². The molecule has 0 aliphatic rings. The Morgan fingerprint density at radius 1 is 1.29 bits per heavy atom. The molecule has 2 unspecified atom stereocenters.